The summed E-state index contributed by atoms with van der Waals surface area (Å²) in [6.07, 6.45) is 0. The number of imide groups is 1. The highest BCUT2D eigenvalue weighted by Gasteiger charge is 2.18. The Morgan fingerprint density at radius 3 is 1.91 bits per heavy atom. The van der Waals surface area contributed by atoms with Crippen LogP contribution in [-0.4, -0.2) is 11.8 Å². The number of aryl methyl sites for hydroxylation is 2. The highest BCUT2D eigenvalue weighted by molar-refractivity contribution is 6.13. The Morgan fingerprint density at radius 1 is 0.826 bits per heavy atom. The first-order chi connectivity index (χ1) is 10.9. The lowest BCUT2D eigenvalue weighted by molar-refractivity contribution is -0.124. The van der Waals surface area contributed by atoms with Crippen LogP contribution in [0.3, 0.4) is 0 Å². The van der Waals surface area contributed by atoms with E-state index >= 15 is 0 Å². The van der Waals surface area contributed by atoms with Gasteiger partial charge in [0.05, 0.1) is 17.1 Å². The molecular formula is C18H19N3O2. The van der Waals surface area contributed by atoms with E-state index in [2.05, 4.69) is 10.2 Å². The summed E-state index contributed by atoms with van der Waals surface area (Å²) in [6.45, 7) is 6.57. The van der Waals surface area contributed by atoms with Crippen molar-refractivity contribution >= 4 is 28.9 Å². The van der Waals surface area contributed by atoms with Gasteiger partial charge in [-0.1, -0.05) is 23.8 Å². The number of rotatable bonds is 3. The van der Waals surface area contributed by atoms with Gasteiger partial charge in [-0.15, -0.1) is 0 Å². The van der Waals surface area contributed by atoms with E-state index in [4.69, 9.17) is 0 Å². The molecule has 2 aromatic rings. The van der Waals surface area contributed by atoms with Crippen molar-refractivity contribution in [3.05, 3.63) is 53.6 Å². The molecule has 0 spiro atoms. The van der Waals surface area contributed by atoms with E-state index in [9.17, 15) is 9.59 Å². The molecule has 23 heavy (non-hydrogen) atoms. The normalized spacial score (nSPS) is 10.8. The van der Waals surface area contributed by atoms with E-state index in [1.165, 1.54) is 13.8 Å². The van der Waals surface area contributed by atoms with Gasteiger partial charge in [-0.3, -0.25) is 14.5 Å². The third-order valence-corrected chi connectivity index (χ3v) is 3.38. The highest BCUT2D eigenvalue weighted by Crippen LogP contribution is 2.27. The zero-order valence-corrected chi connectivity index (χ0v) is 13.7. The largest absolute Gasteiger partial charge is 0.274 e. The molecule has 0 fully saturated rings. The molecule has 0 aliphatic heterocycles. The summed E-state index contributed by atoms with van der Waals surface area (Å²) < 4.78 is 0. The van der Waals surface area contributed by atoms with Crippen molar-refractivity contribution in [3.8, 4) is 0 Å². The number of hydrogen-bond donors (Lipinski definition) is 0. The molecule has 0 unspecified atom stereocenters. The Balaban J connectivity index is 2.34. The second-order valence-corrected chi connectivity index (χ2v) is 5.38. The molecule has 2 amide bonds. The first-order valence-corrected chi connectivity index (χ1v) is 7.29. The maximum absolute atomic E-state index is 11.7. The first-order valence-electron chi connectivity index (χ1n) is 7.29. The van der Waals surface area contributed by atoms with Crippen molar-refractivity contribution in [1.82, 2.24) is 0 Å². The molecule has 0 aliphatic carbocycles. The Hall–Kier alpha value is -2.82. The van der Waals surface area contributed by atoms with Crippen LogP contribution in [0.5, 0.6) is 0 Å². The monoisotopic (exact) mass is 309 g/mol. The molecule has 0 aliphatic rings. The SMILES string of the molecule is CC(=O)N(C(C)=O)c1cc(N=Nc2ccc(C)cc2)ccc1C. The lowest BCUT2D eigenvalue weighted by atomic mass is 10.1. The van der Waals surface area contributed by atoms with E-state index in [0.29, 0.717) is 11.4 Å². The van der Waals surface area contributed by atoms with Crippen LogP contribution in [0, 0.1) is 13.8 Å². The summed E-state index contributed by atoms with van der Waals surface area (Å²) in [5.41, 5.74) is 3.83. The Labute approximate surface area is 135 Å². The molecular weight excluding hydrogens is 290 g/mol. The third-order valence-electron chi connectivity index (χ3n) is 3.38. The third kappa shape index (κ3) is 4.10. The maximum Gasteiger partial charge on any atom is 0.230 e. The Bertz CT molecular complexity index is 750. The molecule has 5 heteroatoms. The number of azo groups is 1. The van der Waals surface area contributed by atoms with Gasteiger partial charge in [0.2, 0.25) is 11.8 Å². The van der Waals surface area contributed by atoms with E-state index < -0.39 is 0 Å². The predicted octanol–water partition coefficient (Wildman–Crippen LogP) is 4.62. The smallest absolute Gasteiger partial charge is 0.230 e. The van der Waals surface area contributed by atoms with Crippen molar-refractivity contribution in [1.29, 1.82) is 0 Å². The lowest BCUT2D eigenvalue weighted by Crippen LogP contribution is -2.33. The first kappa shape index (κ1) is 16.5. The van der Waals surface area contributed by atoms with Crippen LogP contribution >= 0.6 is 0 Å². The summed E-state index contributed by atoms with van der Waals surface area (Å²) in [5, 5.41) is 8.36. The number of nitrogens with zero attached hydrogens (tertiary/aromatic N) is 3. The fourth-order valence-electron chi connectivity index (χ4n) is 2.19. The van der Waals surface area contributed by atoms with Gasteiger partial charge < -0.3 is 0 Å². The Morgan fingerprint density at radius 2 is 1.35 bits per heavy atom. The molecule has 2 rings (SSSR count). The van der Waals surface area contributed by atoms with Crippen LogP contribution in [0.4, 0.5) is 17.1 Å². The molecule has 0 aromatic heterocycles. The number of carbonyl (C=O) groups is 2. The van der Waals surface area contributed by atoms with Crippen LogP contribution in [0.25, 0.3) is 0 Å². The minimum absolute atomic E-state index is 0.326. The molecule has 0 saturated heterocycles. The number of amides is 2. The molecule has 0 radical (unpaired) electrons. The predicted molar refractivity (Wildman–Crippen MR) is 90.4 cm³/mol. The minimum atomic E-state index is -0.326. The summed E-state index contributed by atoms with van der Waals surface area (Å²) in [5.74, 6) is -0.651. The van der Waals surface area contributed by atoms with E-state index in [1.54, 1.807) is 12.1 Å². The van der Waals surface area contributed by atoms with Gasteiger partial charge in [-0.05, 0) is 43.7 Å². The van der Waals surface area contributed by atoms with Crippen molar-refractivity contribution in [2.24, 2.45) is 10.2 Å². The topological polar surface area (TPSA) is 62.1 Å². The van der Waals surface area contributed by atoms with Gasteiger partial charge in [0, 0.05) is 13.8 Å². The van der Waals surface area contributed by atoms with Crippen molar-refractivity contribution in [2.45, 2.75) is 27.7 Å². The molecule has 0 heterocycles. The summed E-state index contributed by atoms with van der Waals surface area (Å²) in [7, 11) is 0. The molecule has 0 N–H and O–H groups in total. The molecule has 2 aromatic carbocycles. The highest BCUT2D eigenvalue weighted by atomic mass is 16.2. The standard InChI is InChI=1S/C18H19N3O2/c1-12-5-8-16(9-6-12)19-20-17-10-7-13(2)18(11-17)21(14(3)22)15(4)23/h5-11H,1-4H3. The van der Waals surface area contributed by atoms with Gasteiger partial charge >= 0.3 is 0 Å². The summed E-state index contributed by atoms with van der Waals surface area (Å²) >= 11 is 0. The molecule has 0 bridgehead atoms. The van der Waals surface area contributed by atoms with Crippen LogP contribution in [0.1, 0.15) is 25.0 Å². The van der Waals surface area contributed by atoms with Gasteiger partial charge in [-0.25, -0.2) is 0 Å². The number of benzene rings is 2. The van der Waals surface area contributed by atoms with E-state index in [-0.39, 0.29) is 11.8 Å². The van der Waals surface area contributed by atoms with Gasteiger partial charge in [0.25, 0.3) is 0 Å². The molecule has 5 nitrogen and oxygen atoms in total. The van der Waals surface area contributed by atoms with Gasteiger partial charge in [0.1, 0.15) is 0 Å². The van der Waals surface area contributed by atoms with E-state index in [1.807, 2.05) is 44.2 Å². The van der Waals surface area contributed by atoms with Gasteiger partial charge in [0.15, 0.2) is 0 Å². The maximum atomic E-state index is 11.7. The molecule has 0 saturated carbocycles. The average molecular weight is 309 g/mol. The molecule has 0 atom stereocenters. The second-order valence-electron chi connectivity index (χ2n) is 5.38. The fourth-order valence-corrected chi connectivity index (χ4v) is 2.19. The van der Waals surface area contributed by atoms with Crippen molar-refractivity contribution < 1.29 is 9.59 Å². The zero-order chi connectivity index (χ0) is 17.0. The van der Waals surface area contributed by atoms with Crippen LogP contribution in [-0.2, 0) is 9.59 Å². The number of anilines is 1. The summed E-state index contributed by atoms with van der Waals surface area (Å²) in [4.78, 5) is 24.6. The minimum Gasteiger partial charge on any atom is -0.274 e. The zero-order valence-electron chi connectivity index (χ0n) is 13.7. The number of carbonyl (C=O) groups excluding carboxylic acids is 2. The fraction of sp³-hybridized carbons (Fsp3) is 0.222. The van der Waals surface area contributed by atoms with E-state index in [0.717, 1.165) is 21.7 Å². The molecule has 118 valence electrons. The van der Waals surface area contributed by atoms with Gasteiger partial charge in [-0.2, -0.15) is 10.2 Å². The summed E-state index contributed by atoms with van der Waals surface area (Å²) in [6, 6.07) is 13.0. The number of hydrogen-bond acceptors (Lipinski definition) is 4. The van der Waals surface area contributed by atoms with Crippen LogP contribution in [0.15, 0.2) is 52.7 Å². The second kappa shape index (κ2) is 6.96. The van der Waals surface area contributed by atoms with Crippen LogP contribution < -0.4 is 4.90 Å². The lowest BCUT2D eigenvalue weighted by Gasteiger charge is -2.19. The van der Waals surface area contributed by atoms with Crippen molar-refractivity contribution in [2.75, 3.05) is 4.90 Å². The quantitative estimate of drug-likeness (QED) is 0.777. The van der Waals surface area contributed by atoms with Crippen LogP contribution in [0.2, 0.25) is 0 Å². The Kier molecular flexibility index (Phi) is 5.01. The average Bonchev–Trinajstić information content (AvgIpc) is 2.49. The van der Waals surface area contributed by atoms with Crippen molar-refractivity contribution in [3.63, 3.8) is 0 Å².